The van der Waals surface area contributed by atoms with Crippen LogP contribution in [0.4, 0.5) is 0 Å². The first-order valence-corrected chi connectivity index (χ1v) is 5.37. The minimum absolute atomic E-state index is 0.0290. The van der Waals surface area contributed by atoms with E-state index >= 15 is 0 Å². The average Bonchev–Trinajstić information content (AvgIpc) is 2.77. The first-order valence-electron chi connectivity index (χ1n) is 5.37. The maximum atomic E-state index is 11.7. The Morgan fingerprint density at radius 2 is 2.19 bits per heavy atom. The lowest BCUT2D eigenvalue weighted by atomic mass is 9.95. The van der Waals surface area contributed by atoms with E-state index in [1.807, 2.05) is 25.1 Å². The molecule has 1 heterocycles. The fourth-order valence-corrected chi connectivity index (χ4v) is 1.88. The smallest absolute Gasteiger partial charge is 0.231 e. The molecule has 1 N–H and O–H groups in total. The predicted molar refractivity (Wildman–Crippen MR) is 59.7 cm³/mol. The van der Waals surface area contributed by atoms with Gasteiger partial charge in [0.2, 0.25) is 12.7 Å². The van der Waals surface area contributed by atoms with Crippen molar-refractivity contribution < 1.29 is 14.3 Å². The zero-order valence-corrected chi connectivity index (χ0v) is 9.45. The number of rotatable bonds is 3. The molecule has 0 spiro atoms. The molecule has 1 aromatic carbocycles. The Bertz CT molecular complexity index is 403. The van der Waals surface area contributed by atoms with Crippen molar-refractivity contribution in [2.75, 3.05) is 13.8 Å². The van der Waals surface area contributed by atoms with E-state index in [1.165, 1.54) is 0 Å². The molecule has 86 valence electrons. The number of hydrogen-bond donors (Lipinski definition) is 1. The van der Waals surface area contributed by atoms with Crippen LogP contribution >= 0.6 is 0 Å². The molecule has 0 fully saturated rings. The Hall–Kier alpha value is -1.71. The summed E-state index contributed by atoms with van der Waals surface area (Å²) in [4.78, 5) is 11.7. The van der Waals surface area contributed by atoms with Gasteiger partial charge in [0.1, 0.15) is 0 Å². The number of amides is 1. The van der Waals surface area contributed by atoms with Gasteiger partial charge in [0.15, 0.2) is 11.5 Å². The van der Waals surface area contributed by atoms with E-state index in [0.29, 0.717) is 0 Å². The Labute approximate surface area is 94.6 Å². The molecule has 2 rings (SSSR count). The van der Waals surface area contributed by atoms with E-state index < -0.39 is 0 Å². The zero-order valence-electron chi connectivity index (χ0n) is 9.45. The van der Waals surface area contributed by atoms with Crippen molar-refractivity contribution in [1.29, 1.82) is 0 Å². The van der Waals surface area contributed by atoms with Crippen LogP contribution in [0.25, 0.3) is 0 Å². The second-order valence-electron chi connectivity index (χ2n) is 3.69. The van der Waals surface area contributed by atoms with Gasteiger partial charge in [-0.15, -0.1) is 0 Å². The van der Waals surface area contributed by atoms with Crippen LogP contribution in [0.1, 0.15) is 24.8 Å². The van der Waals surface area contributed by atoms with Gasteiger partial charge in [-0.1, -0.05) is 13.0 Å². The highest BCUT2D eigenvalue weighted by molar-refractivity contribution is 5.83. The number of nitrogens with one attached hydrogen (secondary N) is 1. The average molecular weight is 221 g/mol. The van der Waals surface area contributed by atoms with Crippen molar-refractivity contribution in [3.8, 4) is 11.5 Å². The van der Waals surface area contributed by atoms with Gasteiger partial charge in [-0.3, -0.25) is 4.79 Å². The molecule has 1 amide bonds. The second kappa shape index (κ2) is 4.43. The molecule has 4 heteroatoms. The largest absolute Gasteiger partial charge is 0.454 e. The lowest BCUT2D eigenvalue weighted by molar-refractivity contribution is -0.122. The van der Waals surface area contributed by atoms with Crippen molar-refractivity contribution in [2.24, 2.45) is 0 Å². The van der Waals surface area contributed by atoms with Gasteiger partial charge in [0.05, 0.1) is 5.92 Å². The third-order valence-corrected chi connectivity index (χ3v) is 2.77. The fourth-order valence-electron chi connectivity index (χ4n) is 1.88. The van der Waals surface area contributed by atoms with Crippen molar-refractivity contribution in [1.82, 2.24) is 5.32 Å². The Balaban J connectivity index is 2.29. The molecular weight excluding hydrogens is 206 g/mol. The van der Waals surface area contributed by atoms with E-state index in [2.05, 4.69) is 5.32 Å². The summed E-state index contributed by atoms with van der Waals surface area (Å²) in [6.45, 7) is 2.25. The second-order valence-corrected chi connectivity index (χ2v) is 3.69. The molecule has 0 radical (unpaired) electrons. The summed E-state index contributed by atoms with van der Waals surface area (Å²) < 4.78 is 10.5. The number of carbonyl (C=O) groups is 1. The number of benzene rings is 1. The number of carbonyl (C=O) groups excluding carboxylic acids is 1. The number of likely N-dealkylation sites (N-methyl/N-ethyl adjacent to an activating group) is 1. The quantitative estimate of drug-likeness (QED) is 0.844. The highest BCUT2D eigenvalue weighted by atomic mass is 16.7. The van der Waals surface area contributed by atoms with Crippen molar-refractivity contribution >= 4 is 5.91 Å². The summed E-state index contributed by atoms with van der Waals surface area (Å²) in [5, 5.41) is 2.67. The summed E-state index contributed by atoms with van der Waals surface area (Å²) in [5.41, 5.74) is 0.964. The van der Waals surface area contributed by atoms with Gasteiger partial charge in [0, 0.05) is 7.05 Å². The van der Waals surface area contributed by atoms with Crippen LogP contribution in [0.15, 0.2) is 18.2 Å². The molecule has 0 aromatic heterocycles. The van der Waals surface area contributed by atoms with Gasteiger partial charge in [0.25, 0.3) is 0 Å². The van der Waals surface area contributed by atoms with Crippen molar-refractivity contribution in [2.45, 2.75) is 19.3 Å². The number of ether oxygens (including phenoxy) is 2. The summed E-state index contributed by atoms with van der Waals surface area (Å²) in [6, 6.07) is 5.64. The van der Waals surface area contributed by atoms with Gasteiger partial charge < -0.3 is 14.8 Å². The number of fused-ring (bicyclic) bond motifs is 1. The standard InChI is InChI=1S/C12H15NO3/c1-3-9(12(14)13-2)8-4-5-10-11(6-8)16-7-15-10/h4-6,9H,3,7H2,1-2H3,(H,13,14). The van der Waals surface area contributed by atoms with E-state index in [4.69, 9.17) is 9.47 Å². The zero-order chi connectivity index (χ0) is 11.5. The van der Waals surface area contributed by atoms with Gasteiger partial charge in [-0.05, 0) is 24.1 Å². The van der Waals surface area contributed by atoms with Crippen LogP contribution < -0.4 is 14.8 Å². The molecule has 1 aliphatic rings. The normalized spacial score (nSPS) is 14.6. The summed E-state index contributed by atoms with van der Waals surface area (Å²) >= 11 is 0. The van der Waals surface area contributed by atoms with Crippen LogP contribution in [-0.2, 0) is 4.79 Å². The predicted octanol–water partition coefficient (Wildman–Crippen LogP) is 1.65. The highest BCUT2D eigenvalue weighted by Crippen LogP contribution is 2.35. The maximum absolute atomic E-state index is 11.7. The lowest BCUT2D eigenvalue weighted by Gasteiger charge is -2.13. The summed E-state index contributed by atoms with van der Waals surface area (Å²) in [7, 11) is 1.65. The molecule has 1 aliphatic heterocycles. The van der Waals surface area contributed by atoms with Crippen LogP contribution in [0.2, 0.25) is 0 Å². The molecule has 4 nitrogen and oxygen atoms in total. The molecule has 1 aromatic rings. The molecule has 1 unspecified atom stereocenters. The SMILES string of the molecule is CCC(C(=O)NC)c1ccc2c(c1)OCO2. The molecule has 0 aliphatic carbocycles. The van der Waals surface area contributed by atoms with Crippen LogP contribution in [0.3, 0.4) is 0 Å². The van der Waals surface area contributed by atoms with Crippen LogP contribution in [0, 0.1) is 0 Å². The monoisotopic (exact) mass is 221 g/mol. The minimum Gasteiger partial charge on any atom is -0.454 e. The first-order chi connectivity index (χ1) is 7.76. The molecule has 16 heavy (non-hydrogen) atoms. The molecule has 1 atom stereocenters. The van der Waals surface area contributed by atoms with E-state index in [1.54, 1.807) is 7.05 Å². The van der Waals surface area contributed by atoms with Crippen molar-refractivity contribution in [3.63, 3.8) is 0 Å². The van der Waals surface area contributed by atoms with Crippen molar-refractivity contribution in [3.05, 3.63) is 23.8 Å². The number of hydrogen-bond acceptors (Lipinski definition) is 3. The Morgan fingerprint density at radius 1 is 1.44 bits per heavy atom. The van der Waals surface area contributed by atoms with Gasteiger partial charge >= 0.3 is 0 Å². The summed E-state index contributed by atoms with van der Waals surface area (Å²) in [6.07, 6.45) is 0.763. The molecule has 0 saturated carbocycles. The van der Waals surface area contributed by atoms with Gasteiger partial charge in [-0.25, -0.2) is 0 Å². The van der Waals surface area contributed by atoms with E-state index in [9.17, 15) is 4.79 Å². The van der Waals surface area contributed by atoms with Crippen LogP contribution in [0.5, 0.6) is 11.5 Å². The molecular formula is C12H15NO3. The highest BCUT2D eigenvalue weighted by Gasteiger charge is 2.21. The third-order valence-electron chi connectivity index (χ3n) is 2.77. The third kappa shape index (κ3) is 1.83. The first kappa shape index (κ1) is 10.8. The minimum atomic E-state index is -0.125. The summed E-state index contributed by atoms with van der Waals surface area (Å²) in [5.74, 6) is 1.37. The molecule has 0 saturated heterocycles. The van der Waals surface area contributed by atoms with Crippen LogP contribution in [-0.4, -0.2) is 19.7 Å². The Morgan fingerprint density at radius 3 is 2.88 bits per heavy atom. The van der Waals surface area contributed by atoms with Gasteiger partial charge in [-0.2, -0.15) is 0 Å². The fraction of sp³-hybridized carbons (Fsp3) is 0.417. The Kier molecular flexibility index (Phi) is 2.99. The van der Waals surface area contributed by atoms with E-state index in [-0.39, 0.29) is 18.6 Å². The molecule has 0 bridgehead atoms. The van der Waals surface area contributed by atoms with E-state index in [0.717, 1.165) is 23.5 Å². The topological polar surface area (TPSA) is 47.6 Å². The maximum Gasteiger partial charge on any atom is 0.231 e. The lowest BCUT2D eigenvalue weighted by Crippen LogP contribution is -2.25.